The van der Waals surface area contributed by atoms with Gasteiger partial charge in [-0.25, -0.2) is 9.59 Å². The van der Waals surface area contributed by atoms with Crippen LogP contribution in [0.1, 0.15) is 6.92 Å². The average molecular weight is 190 g/mol. The molecule has 13 heavy (non-hydrogen) atoms. The monoisotopic (exact) mass is 190 g/mol. The number of carboxylic acids is 1. The highest BCUT2D eigenvalue weighted by atomic mass is 16.5. The maximum absolute atomic E-state index is 10.7. The maximum Gasteiger partial charge on any atom is 0.332 e. The topological polar surface area (TPSA) is 119 Å². The molecule has 0 spiro atoms. The van der Waals surface area contributed by atoms with Gasteiger partial charge in [-0.2, -0.15) is 0 Å². The predicted molar refractivity (Wildman–Crippen MR) is 40.8 cm³/mol. The van der Waals surface area contributed by atoms with Crippen molar-refractivity contribution in [3.05, 3.63) is 0 Å². The first-order valence-electron chi connectivity index (χ1n) is 3.37. The van der Waals surface area contributed by atoms with Crippen molar-refractivity contribution in [3.63, 3.8) is 0 Å². The third-order valence-electron chi connectivity index (χ3n) is 1.07. The van der Waals surface area contributed by atoms with Crippen LogP contribution in [0.5, 0.6) is 0 Å². The number of aliphatic carboxylic acids is 1. The van der Waals surface area contributed by atoms with Crippen LogP contribution in [0.4, 0.5) is 4.79 Å². The number of rotatable bonds is 4. The molecular formula is C6H10N2O5. The molecule has 0 aromatic rings. The summed E-state index contributed by atoms with van der Waals surface area (Å²) in [5.41, 5.74) is 4.62. The second-order valence-corrected chi connectivity index (χ2v) is 2.20. The van der Waals surface area contributed by atoms with Crippen LogP contribution in [0.25, 0.3) is 0 Å². The lowest BCUT2D eigenvalue weighted by Crippen LogP contribution is -2.38. The number of urea groups is 1. The van der Waals surface area contributed by atoms with Crippen molar-refractivity contribution >= 4 is 17.9 Å². The molecule has 0 saturated carbocycles. The summed E-state index contributed by atoms with van der Waals surface area (Å²) in [4.78, 5) is 30.9. The minimum Gasteiger partial charge on any atom is -0.479 e. The molecule has 0 rings (SSSR count). The number of carboxylic acid groups (broad SMARTS) is 1. The van der Waals surface area contributed by atoms with Crippen LogP contribution in [-0.2, 0) is 14.3 Å². The molecule has 0 heterocycles. The Hall–Kier alpha value is -1.63. The second kappa shape index (κ2) is 5.09. The molecule has 7 nitrogen and oxygen atoms in total. The summed E-state index contributed by atoms with van der Waals surface area (Å²) >= 11 is 0. The van der Waals surface area contributed by atoms with E-state index < -0.39 is 30.6 Å². The fourth-order valence-corrected chi connectivity index (χ4v) is 0.445. The summed E-state index contributed by atoms with van der Waals surface area (Å²) in [5, 5.41) is 10.0. The van der Waals surface area contributed by atoms with Crippen molar-refractivity contribution in [2.24, 2.45) is 5.73 Å². The van der Waals surface area contributed by atoms with E-state index in [1.165, 1.54) is 6.92 Å². The van der Waals surface area contributed by atoms with Crippen LogP contribution >= 0.6 is 0 Å². The highest BCUT2D eigenvalue weighted by Crippen LogP contribution is 1.89. The van der Waals surface area contributed by atoms with Crippen molar-refractivity contribution in [2.45, 2.75) is 13.0 Å². The first-order valence-corrected chi connectivity index (χ1v) is 3.37. The van der Waals surface area contributed by atoms with Gasteiger partial charge in [0.25, 0.3) is 5.91 Å². The number of imide groups is 1. The van der Waals surface area contributed by atoms with Crippen molar-refractivity contribution in [2.75, 3.05) is 6.61 Å². The van der Waals surface area contributed by atoms with Crippen molar-refractivity contribution in [1.29, 1.82) is 0 Å². The molecule has 0 aliphatic heterocycles. The van der Waals surface area contributed by atoms with Gasteiger partial charge in [0, 0.05) is 0 Å². The molecule has 3 amide bonds. The smallest absolute Gasteiger partial charge is 0.332 e. The van der Waals surface area contributed by atoms with Crippen LogP contribution in [-0.4, -0.2) is 35.7 Å². The largest absolute Gasteiger partial charge is 0.479 e. The molecule has 74 valence electrons. The zero-order valence-electron chi connectivity index (χ0n) is 6.94. The zero-order valence-corrected chi connectivity index (χ0v) is 6.94. The average Bonchev–Trinajstić information content (AvgIpc) is 1.98. The summed E-state index contributed by atoms with van der Waals surface area (Å²) in [6, 6.07) is -1.00. The van der Waals surface area contributed by atoms with E-state index in [-0.39, 0.29) is 0 Å². The van der Waals surface area contributed by atoms with E-state index in [0.29, 0.717) is 0 Å². The summed E-state index contributed by atoms with van der Waals surface area (Å²) in [5.74, 6) is -1.97. The lowest BCUT2D eigenvalue weighted by atomic mass is 10.4. The molecule has 7 heteroatoms. The lowest BCUT2D eigenvalue weighted by molar-refractivity contribution is -0.150. The molecule has 0 fully saturated rings. The summed E-state index contributed by atoms with van der Waals surface area (Å²) in [6.07, 6.45) is -1.10. The quantitative estimate of drug-likeness (QED) is 0.507. The number of carbonyl (C=O) groups is 3. The van der Waals surface area contributed by atoms with E-state index in [9.17, 15) is 14.4 Å². The van der Waals surface area contributed by atoms with Crippen molar-refractivity contribution in [1.82, 2.24) is 5.32 Å². The van der Waals surface area contributed by atoms with Crippen molar-refractivity contribution in [3.8, 4) is 0 Å². The molecule has 0 aromatic heterocycles. The van der Waals surface area contributed by atoms with Crippen molar-refractivity contribution < 1.29 is 24.2 Å². The van der Waals surface area contributed by atoms with Gasteiger partial charge in [0.2, 0.25) is 0 Å². The third-order valence-corrected chi connectivity index (χ3v) is 1.07. The fraction of sp³-hybridized carbons (Fsp3) is 0.500. The first kappa shape index (κ1) is 11.4. The highest BCUT2D eigenvalue weighted by Gasteiger charge is 2.13. The van der Waals surface area contributed by atoms with Crippen LogP contribution < -0.4 is 11.1 Å². The van der Waals surface area contributed by atoms with Gasteiger partial charge < -0.3 is 15.6 Å². The van der Waals surface area contributed by atoms with Gasteiger partial charge in [0.05, 0.1) is 0 Å². The molecule has 0 radical (unpaired) electrons. The number of primary amides is 1. The molecule has 1 unspecified atom stereocenters. The number of nitrogens with one attached hydrogen (secondary N) is 1. The second-order valence-electron chi connectivity index (χ2n) is 2.20. The Kier molecular flexibility index (Phi) is 4.45. The van der Waals surface area contributed by atoms with Gasteiger partial charge in [0.1, 0.15) is 6.61 Å². The first-order chi connectivity index (χ1) is 5.93. The van der Waals surface area contributed by atoms with Gasteiger partial charge in [-0.05, 0) is 6.92 Å². The van der Waals surface area contributed by atoms with Crippen LogP contribution in [0, 0.1) is 0 Å². The summed E-state index contributed by atoms with van der Waals surface area (Å²) in [6.45, 7) is 0.746. The molecular weight excluding hydrogens is 180 g/mol. The SMILES string of the molecule is CC(OCC(=O)NC(N)=O)C(=O)O. The van der Waals surface area contributed by atoms with Gasteiger partial charge in [0.15, 0.2) is 6.10 Å². The maximum atomic E-state index is 10.7. The molecule has 4 N–H and O–H groups in total. The Morgan fingerprint density at radius 2 is 2.08 bits per heavy atom. The number of carbonyl (C=O) groups excluding carboxylic acids is 2. The Labute approximate surface area is 73.8 Å². The Morgan fingerprint density at radius 1 is 1.54 bits per heavy atom. The van der Waals surface area contributed by atoms with E-state index in [2.05, 4.69) is 10.5 Å². The number of nitrogens with two attached hydrogens (primary N) is 1. The predicted octanol–water partition coefficient (Wildman–Crippen LogP) is -1.33. The minimum absolute atomic E-state index is 0.517. The van der Waals surface area contributed by atoms with Crippen LogP contribution in [0.3, 0.4) is 0 Å². The van der Waals surface area contributed by atoms with E-state index in [1.54, 1.807) is 5.32 Å². The molecule has 0 aliphatic rings. The Bertz CT molecular complexity index is 227. The van der Waals surface area contributed by atoms with E-state index in [0.717, 1.165) is 0 Å². The molecule has 0 aliphatic carbocycles. The molecule has 1 atom stereocenters. The Balaban J connectivity index is 3.70. The summed E-state index contributed by atoms with van der Waals surface area (Å²) < 4.78 is 4.55. The third kappa shape index (κ3) is 5.62. The normalized spacial score (nSPS) is 11.8. The standard InChI is InChI=1S/C6H10N2O5/c1-3(5(10)11)13-2-4(9)8-6(7)12/h3H,2H2,1H3,(H,10,11)(H3,7,8,9,12). The van der Waals surface area contributed by atoms with E-state index in [4.69, 9.17) is 5.11 Å². The number of hydrogen-bond donors (Lipinski definition) is 3. The highest BCUT2D eigenvalue weighted by molar-refractivity contribution is 5.94. The molecule has 0 saturated heterocycles. The molecule has 0 aromatic carbocycles. The van der Waals surface area contributed by atoms with Crippen LogP contribution in [0.15, 0.2) is 0 Å². The van der Waals surface area contributed by atoms with Gasteiger partial charge in [-0.3, -0.25) is 10.1 Å². The number of hydrogen-bond acceptors (Lipinski definition) is 4. The van der Waals surface area contributed by atoms with E-state index >= 15 is 0 Å². The van der Waals surface area contributed by atoms with Gasteiger partial charge >= 0.3 is 12.0 Å². The van der Waals surface area contributed by atoms with Gasteiger partial charge in [-0.1, -0.05) is 0 Å². The minimum atomic E-state index is -1.19. The van der Waals surface area contributed by atoms with Gasteiger partial charge in [-0.15, -0.1) is 0 Å². The lowest BCUT2D eigenvalue weighted by Gasteiger charge is -2.06. The fourth-order valence-electron chi connectivity index (χ4n) is 0.445. The molecule has 0 bridgehead atoms. The van der Waals surface area contributed by atoms with Crippen LogP contribution in [0.2, 0.25) is 0 Å². The number of amides is 3. The van der Waals surface area contributed by atoms with E-state index in [1.807, 2.05) is 0 Å². The zero-order chi connectivity index (χ0) is 10.4. The summed E-state index contributed by atoms with van der Waals surface area (Å²) in [7, 11) is 0. The Morgan fingerprint density at radius 3 is 2.46 bits per heavy atom. The number of ether oxygens (including phenoxy) is 1.